The second-order valence-electron chi connectivity index (χ2n) is 4.49. The summed E-state index contributed by atoms with van der Waals surface area (Å²) in [6.07, 6.45) is 1.56. The molecule has 2 aromatic rings. The average molecular weight is 536 g/mol. The highest BCUT2D eigenvalue weighted by atomic mass is 127. The van der Waals surface area contributed by atoms with Gasteiger partial charge in [0.25, 0.3) is 5.91 Å². The van der Waals surface area contributed by atoms with Crippen LogP contribution in [-0.2, 0) is 0 Å². The lowest BCUT2D eigenvalue weighted by Crippen LogP contribution is -2.17. The normalized spacial score (nSPS) is 10.7. The molecule has 5 nitrogen and oxygen atoms in total. The first-order valence-electron chi connectivity index (χ1n) is 6.75. The van der Waals surface area contributed by atoms with Crippen LogP contribution < -0.4 is 10.2 Å². The number of hydrogen-bond donors (Lipinski definition) is 2. The van der Waals surface area contributed by atoms with Gasteiger partial charge in [-0.15, -0.1) is 0 Å². The van der Waals surface area contributed by atoms with Gasteiger partial charge in [-0.05, 0) is 94.1 Å². The van der Waals surface area contributed by atoms with Gasteiger partial charge in [0, 0.05) is 5.56 Å². The number of rotatable bonds is 5. The number of halogens is 2. The van der Waals surface area contributed by atoms with Gasteiger partial charge < -0.3 is 9.84 Å². The van der Waals surface area contributed by atoms with Gasteiger partial charge in [0.05, 0.1) is 20.0 Å². The first kappa shape index (κ1) is 18.0. The Morgan fingerprint density at radius 3 is 2.70 bits per heavy atom. The van der Waals surface area contributed by atoms with Crippen molar-refractivity contribution in [2.24, 2.45) is 5.10 Å². The Kier molecular flexibility index (Phi) is 6.63. The number of phenols is 1. The van der Waals surface area contributed by atoms with Crippen LogP contribution in [0.4, 0.5) is 0 Å². The summed E-state index contributed by atoms with van der Waals surface area (Å²) in [5, 5.41) is 13.5. The minimum absolute atomic E-state index is 0.0725. The topological polar surface area (TPSA) is 70.9 Å². The van der Waals surface area contributed by atoms with E-state index in [1.807, 2.05) is 47.7 Å². The molecule has 0 aliphatic heterocycles. The lowest BCUT2D eigenvalue weighted by atomic mass is 10.2. The molecule has 120 valence electrons. The number of benzene rings is 2. The van der Waals surface area contributed by atoms with Gasteiger partial charge in [-0.3, -0.25) is 4.79 Å². The molecule has 0 saturated heterocycles. The molecule has 0 aliphatic carbocycles. The Morgan fingerprint density at radius 1 is 1.26 bits per heavy atom. The van der Waals surface area contributed by atoms with Crippen molar-refractivity contribution in [1.29, 1.82) is 0 Å². The SMILES string of the molecule is CCOc1ccc(/C=N\NC(=O)c2ccc(I)c(O)c2)cc1I. The highest BCUT2D eigenvalue weighted by molar-refractivity contribution is 14.1. The fourth-order valence-corrected chi connectivity index (χ4v) is 2.78. The van der Waals surface area contributed by atoms with Crippen molar-refractivity contribution < 1.29 is 14.6 Å². The average Bonchev–Trinajstić information content (AvgIpc) is 2.52. The van der Waals surface area contributed by atoms with Crippen LogP contribution in [-0.4, -0.2) is 23.8 Å². The predicted molar refractivity (Wildman–Crippen MR) is 106 cm³/mol. The molecule has 0 bridgehead atoms. The van der Waals surface area contributed by atoms with Crippen LogP contribution in [0.15, 0.2) is 41.5 Å². The number of carbonyl (C=O) groups is 1. The number of hydrazone groups is 1. The zero-order valence-corrected chi connectivity index (χ0v) is 16.5. The summed E-state index contributed by atoms with van der Waals surface area (Å²) in [6.45, 7) is 2.55. The summed E-state index contributed by atoms with van der Waals surface area (Å²) in [5.41, 5.74) is 3.64. The molecule has 2 aromatic carbocycles. The van der Waals surface area contributed by atoms with E-state index in [0.29, 0.717) is 15.7 Å². The standard InChI is InChI=1S/C16H14I2N2O3/c1-2-23-15-6-3-10(7-13(15)18)9-19-20-16(22)11-4-5-12(17)14(21)8-11/h3-9,21H,2H2,1H3,(H,20,22)/b19-9-. The molecular weight excluding hydrogens is 522 g/mol. The summed E-state index contributed by atoms with van der Waals surface area (Å²) in [5.74, 6) is 0.514. The maximum Gasteiger partial charge on any atom is 0.271 e. The van der Waals surface area contributed by atoms with E-state index in [1.54, 1.807) is 18.3 Å². The number of aromatic hydroxyl groups is 1. The lowest BCUT2D eigenvalue weighted by Gasteiger charge is -2.06. The van der Waals surface area contributed by atoms with Crippen LogP contribution in [0.3, 0.4) is 0 Å². The highest BCUT2D eigenvalue weighted by Gasteiger charge is 2.07. The Hall–Kier alpha value is -1.36. The molecule has 2 rings (SSSR count). The molecule has 23 heavy (non-hydrogen) atoms. The molecule has 0 spiro atoms. The summed E-state index contributed by atoms with van der Waals surface area (Å²) < 4.78 is 7.13. The van der Waals surface area contributed by atoms with Gasteiger partial charge >= 0.3 is 0 Å². The minimum atomic E-state index is -0.381. The molecule has 2 N–H and O–H groups in total. The Labute approximate surface area is 161 Å². The van der Waals surface area contributed by atoms with E-state index in [0.717, 1.165) is 14.9 Å². The van der Waals surface area contributed by atoms with E-state index in [-0.39, 0.29) is 11.7 Å². The highest BCUT2D eigenvalue weighted by Crippen LogP contribution is 2.22. The summed E-state index contributed by atoms with van der Waals surface area (Å²) >= 11 is 4.18. The van der Waals surface area contributed by atoms with Crippen LogP contribution in [0.25, 0.3) is 0 Å². The Bertz CT molecular complexity index is 748. The molecule has 1 amide bonds. The van der Waals surface area contributed by atoms with E-state index >= 15 is 0 Å². The van der Waals surface area contributed by atoms with Gasteiger partial charge in [0.2, 0.25) is 0 Å². The van der Waals surface area contributed by atoms with Crippen LogP contribution in [0, 0.1) is 7.14 Å². The van der Waals surface area contributed by atoms with Gasteiger partial charge in [-0.1, -0.05) is 0 Å². The van der Waals surface area contributed by atoms with E-state index in [9.17, 15) is 9.90 Å². The Balaban J connectivity index is 2.02. The van der Waals surface area contributed by atoms with Crippen molar-refractivity contribution in [3.05, 3.63) is 54.7 Å². The monoisotopic (exact) mass is 536 g/mol. The van der Waals surface area contributed by atoms with E-state index in [1.165, 1.54) is 6.07 Å². The van der Waals surface area contributed by atoms with Crippen molar-refractivity contribution in [3.63, 3.8) is 0 Å². The molecule has 0 heterocycles. The lowest BCUT2D eigenvalue weighted by molar-refractivity contribution is 0.0954. The molecule has 0 aromatic heterocycles. The summed E-state index contributed by atoms with van der Waals surface area (Å²) in [4.78, 5) is 11.9. The number of hydrogen-bond acceptors (Lipinski definition) is 4. The molecule has 0 saturated carbocycles. The largest absolute Gasteiger partial charge is 0.507 e. The molecule has 0 unspecified atom stereocenters. The number of nitrogens with zero attached hydrogens (tertiary/aromatic N) is 1. The predicted octanol–water partition coefficient (Wildman–Crippen LogP) is 3.76. The van der Waals surface area contributed by atoms with E-state index in [4.69, 9.17) is 4.74 Å². The molecular formula is C16H14I2N2O3. The van der Waals surface area contributed by atoms with Crippen molar-refractivity contribution in [1.82, 2.24) is 5.43 Å². The summed E-state index contributed by atoms with van der Waals surface area (Å²) in [7, 11) is 0. The number of nitrogens with one attached hydrogen (secondary N) is 1. The fraction of sp³-hybridized carbons (Fsp3) is 0.125. The third-order valence-electron chi connectivity index (χ3n) is 2.84. The number of carbonyl (C=O) groups excluding carboxylic acids is 1. The van der Waals surface area contributed by atoms with Gasteiger partial charge in [0.1, 0.15) is 11.5 Å². The second kappa shape index (κ2) is 8.48. The van der Waals surface area contributed by atoms with E-state index < -0.39 is 0 Å². The molecule has 0 atom stereocenters. The van der Waals surface area contributed by atoms with Crippen molar-refractivity contribution >= 4 is 57.3 Å². The smallest absolute Gasteiger partial charge is 0.271 e. The first-order chi connectivity index (χ1) is 11.0. The quantitative estimate of drug-likeness (QED) is 0.348. The van der Waals surface area contributed by atoms with Crippen LogP contribution in [0.1, 0.15) is 22.8 Å². The molecule has 7 heteroatoms. The first-order valence-corrected chi connectivity index (χ1v) is 8.91. The third-order valence-corrected chi connectivity index (χ3v) is 4.60. The maximum absolute atomic E-state index is 11.9. The van der Waals surface area contributed by atoms with Crippen molar-refractivity contribution in [2.45, 2.75) is 6.92 Å². The zero-order chi connectivity index (χ0) is 16.8. The van der Waals surface area contributed by atoms with Crippen molar-refractivity contribution in [2.75, 3.05) is 6.61 Å². The summed E-state index contributed by atoms with van der Waals surface area (Å²) in [6, 6.07) is 10.4. The third kappa shape index (κ3) is 5.06. The molecule has 0 aliphatic rings. The minimum Gasteiger partial charge on any atom is -0.507 e. The second-order valence-corrected chi connectivity index (χ2v) is 6.81. The van der Waals surface area contributed by atoms with Gasteiger partial charge in [0.15, 0.2) is 0 Å². The number of amides is 1. The number of phenolic OH excluding ortho intramolecular Hbond substituents is 1. The van der Waals surface area contributed by atoms with Crippen LogP contribution >= 0.6 is 45.2 Å². The van der Waals surface area contributed by atoms with Gasteiger partial charge in [-0.25, -0.2) is 5.43 Å². The van der Waals surface area contributed by atoms with Gasteiger partial charge in [-0.2, -0.15) is 5.10 Å². The van der Waals surface area contributed by atoms with Crippen LogP contribution in [0.2, 0.25) is 0 Å². The fourth-order valence-electron chi connectivity index (χ4n) is 1.75. The van der Waals surface area contributed by atoms with Crippen LogP contribution in [0.5, 0.6) is 11.5 Å². The number of ether oxygens (including phenoxy) is 1. The maximum atomic E-state index is 11.9. The zero-order valence-electron chi connectivity index (χ0n) is 12.2. The Morgan fingerprint density at radius 2 is 2.04 bits per heavy atom. The van der Waals surface area contributed by atoms with E-state index in [2.05, 4.69) is 33.1 Å². The molecule has 0 radical (unpaired) electrons. The van der Waals surface area contributed by atoms with Crippen molar-refractivity contribution in [3.8, 4) is 11.5 Å². The molecule has 0 fully saturated rings.